The van der Waals surface area contributed by atoms with Crippen molar-refractivity contribution in [3.63, 3.8) is 0 Å². The Balaban J connectivity index is 2.14. The summed E-state index contributed by atoms with van der Waals surface area (Å²) in [5.74, 6) is 1.40. The van der Waals surface area contributed by atoms with Crippen LogP contribution < -0.4 is 10.6 Å². The fraction of sp³-hybridized carbons (Fsp3) is 0.600. The summed E-state index contributed by atoms with van der Waals surface area (Å²) >= 11 is 0. The molecule has 0 bridgehead atoms. The molecule has 15 heavy (non-hydrogen) atoms. The maximum atomic E-state index is 5.63. The van der Waals surface area contributed by atoms with Crippen molar-refractivity contribution < 1.29 is 4.74 Å². The largest absolute Gasteiger partial charge is 0.384 e. The minimum atomic E-state index is 0.240. The Labute approximate surface area is 89.3 Å². The third-order valence-corrected chi connectivity index (χ3v) is 2.45. The molecule has 0 amide bonds. The minimum absolute atomic E-state index is 0.240. The molecule has 1 aliphatic rings. The van der Waals surface area contributed by atoms with Gasteiger partial charge in [0.05, 0.1) is 6.10 Å². The zero-order valence-electron chi connectivity index (χ0n) is 8.89. The van der Waals surface area contributed by atoms with Crippen LogP contribution >= 0.6 is 0 Å². The third-order valence-electron chi connectivity index (χ3n) is 2.45. The predicted octanol–water partition coefficient (Wildman–Crippen LogP) is 0.674. The molecule has 1 saturated heterocycles. The Bertz CT molecular complexity index is 331. The number of anilines is 2. The highest BCUT2D eigenvalue weighted by atomic mass is 16.5. The number of nitrogens with zero attached hydrogens (tertiary/aromatic N) is 3. The van der Waals surface area contributed by atoms with Gasteiger partial charge in [0.25, 0.3) is 0 Å². The quantitative estimate of drug-likeness (QED) is 0.735. The number of rotatable bonds is 1. The van der Waals surface area contributed by atoms with Gasteiger partial charge in [-0.15, -0.1) is 0 Å². The molecular formula is C10H16N4O. The van der Waals surface area contributed by atoms with Crippen LogP contribution in [-0.2, 0) is 4.74 Å². The van der Waals surface area contributed by atoms with Gasteiger partial charge in [-0.2, -0.15) is 0 Å². The third kappa shape index (κ3) is 2.56. The van der Waals surface area contributed by atoms with Crippen molar-refractivity contribution in [2.45, 2.75) is 19.4 Å². The Morgan fingerprint density at radius 1 is 1.53 bits per heavy atom. The van der Waals surface area contributed by atoms with Gasteiger partial charge in [-0.05, 0) is 13.3 Å². The van der Waals surface area contributed by atoms with Gasteiger partial charge in [0.1, 0.15) is 18.0 Å². The van der Waals surface area contributed by atoms with Crippen molar-refractivity contribution in [3.05, 3.63) is 12.4 Å². The normalized spacial score (nSPS) is 22.5. The maximum absolute atomic E-state index is 5.63. The van der Waals surface area contributed by atoms with Crippen LogP contribution in [0.4, 0.5) is 11.6 Å². The van der Waals surface area contributed by atoms with Crippen LogP contribution in [0.15, 0.2) is 12.4 Å². The maximum Gasteiger partial charge on any atom is 0.134 e. The van der Waals surface area contributed by atoms with E-state index < -0.39 is 0 Å². The van der Waals surface area contributed by atoms with Crippen LogP contribution in [0.3, 0.4) is 0 Å². The number of nitrogens with two attached hydrogens (primary N) is 1. The summed E-state index contributed by atoms with van der Waals surface area (Å²) in [5.41, 5.74) is 5.63. The zero-order valence-corrected chi connectivity index (χ0v) is 8.89. The van der Waals surface area contributed by atoms with Crippen LogP contribution in [0.5, 0.6) is 0 Å². The molecule has 1 aliphatic heterocycles. The summed E-state index contributed by atoms with van der Waals surface area (Å²) in [7, 11) is 0. The molecule has 1 atom stereocenters. The molecule has 2 heterocycles. The van der Waals surface area contributed by atoms with Crippen molar-refractivity contribution >= 4 is 11.6 Å². The van der Waals surface area contributed by atoms with E-state index in [0.29, 0.717) is 5.82 Å². The number of ether oxygens (including phenoxy) is 1. The van der Waals surface area contributed by atoms with Crippen LogP contribution in [0, 0.1) is 0 Å². The molecule has 0 radical (unpaired) electrons. The van der Waals surface area contributed by atoms with Gasteiger partial charge in [0.15, 0.2) is 0 Å². The molecule has 5 nitrogen and oxygen atoms in total. The fourth-order valence-electron chi connectivity index (χ4n) is 1.74. The second-order valence-corrected chi connectivity index (χ2v) is 3.78. The second kappa shape index (κ2) is 4.44. The molecule has 2 N–H and O–H groups in total. The lowest BCUT2D eigenvalue weighted by Gasteiger charge is -2.22. The smallest absolute Gasteiger partial charge is 0.134 e. The lowest BCUT2D eigenvalue weighted by molar-refractivity contribution is 0.0820. The number of hydrogen-bond donors (Lipinski definition) is 1. The molecule has 1 aromatic rings. The standard InChI is InChI=1S/C10H16N4O/c1-8-6-14(3-2-4-15-8)10-5-9(11)12-7-13-10/h5,7-8H,2-4,6H2,1H3,(H2,11,12,13). The molecule has 1 aromatic heterocycles. The molecule has 82 valence electrons. The van der Waals surface area contributed by atoms with Crippen LogP contribution in [0.2, 0.25) is 0 Å². The monoisotopic (exact) mass is 208 g/mol. The SMILES string of the molecule is CC1CN(c2cc(N)ncn2)CCCO1. The second-order valence-electron chi connectivity index (χ2n) is 3.78. The summed E-state index contributed by atoms with van der Waals surface area (Å²) in [6, 6.07) is 1.80. The van der Waals surface area contributed by atoms with Gasteiger partial charge in [0, 0.05) is 25.8 Å². The molecule has 2 rings (SSSR count). The summed E-state index contributed by atoms with van der Waals surface area (Å²) in [6.07, 6.45) is 2.76. The number of nitrogen functional groups attached to an aromatic ring is 1. The van der Waals surface area contributed by atoms with Gasteiger partial charge in [-0.3, -0.25) is 0 Å². The molecule has 1 unspecified atom stereocenters. The predicted molar refractivity (Wildman–Crippen MR) is 58.7 cm³/mol. The van der Waals surface area contributed by atoms with Gasteiger partial charge < -0.3 is 15.4 Å². The van der Waals surface area contributed by atoms with Gasteiger partial charge in [-0.25, -0.2) is 9.97 Å². The molecule has 0 aliphatic carbocycles. The summed E-state index contributed by atoms with van der Waals surface area (Å²) < 4.78 is 5.57. The van der Waals surface area contributed by atoms with E-state index in [4.69, 9.17) is 10.5 Å². The Kier molecular flexibility index (Phi) is 3.01. The van der Waals surface area contributed by atoms with E-state index in [9.17, 15) is 0 Å². The average Bonchev–Trinajstić information content (AvgIpc) is 2.43. The lowest BCUT2D eigenvalue weighted by atomic mass is 10.3. The summed E-state index contributed by atoms with van der Waals surface area (Å²) in [5, 5.41) is 0. The van der Waals surface area contributed by atoms with Gasteiger partial charge in [-0.1, -0.05) is 0 Å². The first-order chi connectivity index (χ1) is 7.25. The topological polar surface area (TPSA) is 64.3 Å². The van der Waals surface area contributed by atoms with Crippen LogP contribution in [0.1, 0.15) is 13.3 Å². The first-order valence-electron chi connectivity index (χ1n) is 5.20. The first-order valence-corrected chi connectivity index (χ1v) is 5.20. The van der Waals surface area contributed by atoms with Crippen LogP contribution in [-0.4, -0.2) is 35.8 Å². The zero-order chi connectivity index (χ0) is 10.7. The van der Waals surface area contributed by atoms with E-state index in [1.807, 2.05) is 0 Å². The van der Waals surface area contributed by atoms with Crippen molar-refractivity contribution in [3.8, 4) is 0 Å². The molecule has 0 spiro atoms. The Morgan fingerprint density at radius 3 is 3.20 bits per heavy atom. The first kappa shape index (κ1) is 10.2. The Hall–Kier alpha value is -1.36. The fourth-order valence-corrected chi connectivity index (χ4v) is 1.74. The number of hydrogen-bond acceptors (Lipinski definition) is 5. The molecular weight excluding hydrogens is 192 g/mol. The highest BCUT2D eigenvalue weighted by molar-refractivity contribution is 5.45. The van der Waals surface area contributed by atoms with E-state index >= 15 is 0 Å². The summed E-state index contributed by atoms with van der Waals surface area (Å²) in [4.78, 5) is 10.3. The van der Waals surface area contributed by atoms with Crippen LogP contribution in [0.25, 0.3) is 0 Å². The van der Waals surface area contributed by atoms with Gasteiger partial charge >= 0.3 is 0 Å². The molecule has 5 heteroatoms. The van der Waals surface area contributed by atoms with E-state index in [1.54, 1.807) is 6.07 Å². The van der Waals surface area contributed by atoms with Gasteiger partial charge in [0.2, 0.25) is 0 Å². The Morgan fingerprint density at radius 2 is 2.40 bits per heavy atom. The molecule has 0 aromatic carbocycles. The molecule has 1 fully saturated rings. The molecule has 0 saturated carbocycles. The van der Waals surface area contributed by atoms with E-state index in [2.05, 4.69) is 21.8 Å². The number of aromatic nitrogens is 2. The average molecular weight is 208 g/mol. The minimum Gasteiger partial charge on any atom is -0.384 e. The van der Waals surface area contributed by atoms with Crippen molar-refractivity contribution in [2.75, 3.05) is 30.3 Å². The van der Waals surface area contributed by atoms with E-state index in [-0.39, 0.29) is 6.10 Å². The van der Waals surface area contributed by atoms with Crippen molar-refractivity contribution in [2.24, 2.45) is 0 Å². The highest BCUT2D eigenvalue weighted by Gasteiger charge is 2.16. The lowest BCUT2D eigenvalue weighted by Crippen LogP contribution is -2.30. The van der Waals surface area contributed by atoms with Crippen molar-refractivity contribution in [1.82, 2.24) is 9.97 Å². The summed E-state index contributed by atoms with van der Waals surface area (Å²) in [6.45, 7) is 4.71. The van der Waals surface area contributed by atoms with E-state index in [1.165, 1.54) is 6.33 Å². The van der Waals surface area contributed by atoms with Crippen molar-refractivity contribution in [1.29, 1.82) is 0 Å². The highest BCUT2D eigenvalue weighted by Crippen LogP contribution is 2.15. The van der Waals surface area contributed by atoms with E-state index in [0.717, 1.165) is 31.9 Å².